The van der Waals surface area contributed by atoms with Gasteiger partial charge in [0.05, 0.1) is 11.7 Å². The fraction of sp³-hybridized carbons (Fsp3) is 0.556. The lowest BCUT2D eigenvalue weighted by molar-refractivity contribution is 0.400. The quantitative estimate of drug-likeness (QED) is 0.341. The highest BCUT2D eigenvalue weighted by Crippen LogP contribution is 2.03. The first kappa shape index (κ1) is 12.6. The Morgan fingerprint density at radius 2 is 2.07 bits per heavy atom. The molecule has 0 spiro atoms. The number of amidine groups is 1. The minimum atomic E-state index is -0.220. The number of nitrogens with one attached hydrogen (secondary N) is 1. The smallest absolute Gasteiger partial charge is 0.132 e. The second-order valence-corrected chi connectivity index (χ2v) is 3.09. The SMILES string of the molecule is CN=C(C)C(=CN)C(=N)N(C)C(C)N. The lowest BCUT2D eigenvalue weighted by atomic mass is 10.1. The lowest BCUT2D eigenvalue weighted by Gasteiger charge is -2.25. The molecule has 5 heteroatoms. The largest absolute Gasteiger partial charge is 0.404 e. The highest BCUT2D eigenvalue weighted by molar-refractivity contribution is 6.21. The summed E-state index contributed by atoms with van der Waals surface area (Å²) in [5.74, 6) is 0.283. The van der Waals surface area contributed by atoms with Gasteiger partial charge in [0, 0.05) is 26.0 Å². The molecule has 0 aromatic carbocycles. The van der Waals surface area contributed by atoms with Crippen LogP contribution in [0, 0.1) is 5.41 Å². The summed E-state index contributed by atoms with van der Waals surface area (Å²) < 4.78 is 0. The Hall–Kier alpha value is -1.36. The number of likely N-dealkylation sites (N-methyl/N-ethyl adjacent to an activating group) is 1. The topological polar surface area (TPSA) is 91.5 Å². The summed E-state index contributed by atoms with van der Waals surface area (Å²) in [6.45, 7) is 3.61. The Labute approximate surface area is 85.0 Å². The molecule has 14 heavy (non-hydrogen) atoms. The molecule has 0 aromatic rings. The normalized spacial score (nSPS) is 15.2. The van der Waals surface area contributed by atoms with Crippen LogP contribution in [0.2, 0.25) is 0 Å². The van der Waals surface area contributed by atoms with Crippen LogP contribution < -0.4 is 11.5 Å². The highest BCUT2D eigenvalue weighted by Gasteiger charge is 2.14. The molecule has 0 heterocycles. The van der Waals surface area contributed by atoms with Gasteiger partial charge in [-0.05, 0) is 13.8 Å². The lowest BCUT2D eigenvalue weighted by Crippen LogP contribution is -2.42. The van der Waals surface area contributed by atoms with E-state index in [2.05, 4.69) is 4.99 Å². The molecule has 5 N–H and O–H groups in total. The number of hydrogen-bond donors (Lipinski definition) is 3. The van der Waals surface area contributed by atoms with Gasteiger partial charge in [-0.1, -0.05) is 0 Å². The van der Waals surface area contributed by atoms with Gasteiger partial charge in [0.25, 0.3) is 0 Å². The molecule has 80 valence electrons. The zero-order valence-corrected chi connectivity index (χ0v) is 9.20. The Balaban J connectivity index is 4.83. The Bertz CT molecular complexity index is 264. The first-order chi connectivity index (χ1) is 6.45. The summed E-state index contributed by atoms with van der Waals surface area (Å²) in [6.07, 6.45) is 1.16. The molecule has 1 unspecified atom stereocenters. The summed E-state index contributed by atoms with van der Waals surface area (Å²) in [5, 5.41) is 7.83. The van der Waals surface area contributed by atoms with E-state index in [4.69, 9.17) is 16.9 Å². The van der Waals surface area contributed by atoms with Crippen molar-refractivity contribution in [2.45, 2.75) is 20.0 Å². The molecular weight excluding hydrogens is 178 g/mol. The maximum absolute atomic E-state index is 7.83. The van der Waals surface area contributed by atoms with Gasteiger partial charge in [-0.15, -0.1) is 0 Å². The third-order valence-corrected chi connectivity index (χ3v) is 2.11. The van der Waals surface area contributed by atoms with Gasteiger partial charge >= 0.3 is 0 Å². The van der Waals surface area contributed by atoms with E-state index in [1.807, 2.05) is 6.92 Å². The zero-order valence-electron chi connectivity index (χ0n) is 9.20. The molecule has 0 aliphatic carbocycles. The van der Waals surface area contributed by atoms with Gasteiger partial charge in [0.15, 0.2) is 0 Å². The van der Waals surface area contributed by atoms with Crippen LogP contribution in [-0.4, -0.2) is 36.7 Å². The summed E-state index contributed by atoms with van der Waals surface area (Å²) in [6, 6.07) is 0. The third kappa shape index (κ3) is 2.85. The summed E-state index contributed by atoms with van der Waals surface area (Å²) in [5.41, 5.74) is 12.4. The van der Waals surface area contributed by atoms with Crippen LogP contribution in [0.5, 0.6) is 0 Å². The maximum atomic E-state index is 7.83. The first-order valence-electron chi connectivity index (χ1n) is 4.38. The van der Waals surface area contributed by atoms with Crippen LogP contribution in [0.4, 0.5) is 0 Å². The van der Waals surface area contributed by atoms with Crippen molar-refractivity contribution < 1.29 is 0 Å². The molecule has 0 aliphatic heterocycles. The van der Waals surface area contributed by atoms with Crippen LogP contribution in [0.15, 0.2) is 16.8 Å². The van der Waals surface area contributed by atoms with E-state index in [9.17, 15) is 0 Å². The fourth-order valence-corrected chi connectivity index (χ4v) is 0.885. The number of nitrogens with zero attached hydrogens (tertiary/aromatic N) is 2. The van der Waals surface area contributed by atoms with Crippen molar-refractivity contribution in [3.8, 4) is 0 Å². The van der Waals surface area contributed by atoms with Gasteiger partial charge < -0.3 is 16.4 Å². The summed E-state index contributed by atoms with van der Waals surface area (Å²) >= 11 is 0. The highest BCUT2D eigenvalue weighted by atomic mass is 15.2. The summed E-state index contributed by atoms with van der Waals surface area (Å²) in [7, 11) is 3.41. The van der Waals surface area contributed by atoms with Crippen molar-refractivity contribution in [1.82, 2.24) is 4.90 Å². The molecule has 0 amide bonds. The number of rotatable bonds is 3. The van der Waals surface area contributed by atoms with E-state index in [0.717, 1.165) is 5.71 Å². The Morgan fingerprint density at radius 1 is 1.57 bits per heavy atom. The predicted octanol–water partition coefficient (Wildman–Crippen LogP) is 0.133. The molecule has 1 atom stereocenters. The van der Waals surface area contributed by atoms with Gasteiger partial charge in [0.2, 0.25) is 0 Å². The monoisotopic (exact) mass is 197 g/mol. The Kier molecular flexibility index (Phi) is 4.86. The number of aliphatic imine (C=N–C) groups is 1. The molecule has 0 fully saturated rings. The van der Waals surface area contributed by atoms with E-state index in [0.29, 0.717) is 5.57 Å². The van der Waals surface area contributed by atoms with E-state index in [-0.39, 0.29) is 12.0 Å². The number of nitrogens with two attached hydrogens (primary N) is 2. The van der Waals surface area contributed by atoms with Crippen molar-refractivity contribution in [2.24, 2.45) is 16.5 Å². The molecular formula is C9H19N5. The van der Waals surface area contributed by atoms with Crippen molar-refractivity contribution in [3.63, 3.8) is 0 Å². The standard InChI is InChI=1S/C9H19N5/c1-6(13-3)8(5-10)9(12)14(4)7(2)11/h5,7,12H,10-11H2,1-4H3. The minimum absolute atomic E-state index is 0.220. The number of hydrogen-bond acceptors (Lipinski definition) is 4. The van der Waals surface area contributed by atoms with Gasteiger partial charge in [-0.2, -0.15) is 0 Å². The maximum Gasteiger partial charge on any atom is 0.132 e. The van der Waals surface area contributed by atoms with Crippen LogP contribution >= 0.6 is 0 Å². The van der Waals surface area contributed by atoms with E-state index in [1.165, 1.54) is 6.20 Å². The average Bonchev–Trinajstić information content (AvgIpc) is 2.16. The predicted molar refractivity (Wildman–Crippen MR) is 60.4 cm³/mol. The van der Waals surface area contributed by atoms with Crippen LogP contribution in [0.3, 0.4) is 0 Å². The van der Waals surface area contributed by atoms with Gasteiger partial charge in [-0.25, -0.2) is 0 Å². The van der Waals surface area contributed by atoms with Crippen LogP contribution in [0.1, 0.15) is 13.8 Å². The minimum Gasteiger partial charge on any atom is -0.404 e. The molecule has 0 rings (SSSR count). The third-order valence-electron chi connectivity index (χ3n) is 2.11. The average molecular weight is 197 g/mol. The Morgan fingerprint density at radius 3 is 2.36 bits per heavy atom. The molecule has 0 radical (unpaired) electrons. The molecule has 0 aromatic heterocycles. The van der Waals surface area contributed by atoms with Gasteiger partial charge in [0.1, 0.15) is 5.84 Å². The molecule has 0 bridgehead atoms. The van der Waals surface area contributed by atoms with Crippen LogP contribution in [0.25, 0.3) is 0 Å². The molecule has 0 saturated carbocycles. The van der Waals surface area contributed by atoms with E-state index < -0.39 is 0 Å². The van der Waals surface area contributed by atoms with E-state index >= 15 is 0 Å². The first-order valence-corrected chi connectivity index (χ1v) is 4.38. The second kappa shape index (κ2) is 5.39. The molecule has 0 aliphatic rings. The van der Waals surface area contributed by atoms with Crippen LogP contribution in [-0.2, 0) is 0 Å². The van der Waals surface area contributed by atoms with Crippen molar-refractivity contribution >= 4 is 11.5 Å². The fourth-order valence-electron chi connectivity index (χ4n) is 0.885. The molecule has 5 nitrogen and oxygen atoms in total. The second-order valence-electron chi connectivity index (χ2n) is 3.09. The van der Waals surface area contributed by atoms with Gasteiger partial charge in [-0.3, -0.25) is 10.4 Å². The van der Waals surface area contributed by atoms with Crippen molar-refractivity contribution in [3.05, 3.63) is 11.8 Å². The summed E-state index contributed by atoms with van der Waals surface area (Å²) in [4.78, 5) is 5.61. The molecule has 0 saturated heterocycles. The van der Waals surface area contributed by atoms with E-state index in [1.54, 1.807) is 25.9 Å². The van der Waals surface area contributed by atoms with Crippen molar-refractivity contribution in [2.75, 3.05) is 14.1 Å². The van der Waals surface area contributed by atoms with Crippen molar-refractivity contribution in [1.29, 1.82) is 5.41 Å². The zero-order chi connectivity index (χ0) is 11.3.